The maximum atomic E-state index is 12.9. The summed E-state index contributed by atoms with van der Waals surface area (Å²) in [6.45, 7) is 9.62. The third-order valence-electron chi connectivity index (χ3n) is 6.09. The zero-order chi connectivity index (χ0) is 19.1. The van der Waals surface area contributed by atoms with Crippen LogP contribution in [0.4, 0.5) is 0 Å². The van der Waals surface area contributed by atoms with Crippen LogP contribution >= 0.6 is 12.4 Å². The van der Waals surface area contributed by atoms with Crippen molar-refractivity contribution in [2.45, 2.75) is 32.7 Å². The molecule has 28 heavy (non-hydrogen) atoms. The van der Waals surface area contributed by atoms with E-state index in [9.17, 15) is 9.59 Å². The van der Waals surface area contributed by atoms with Gasteiger partial charge in [0.25, 0.3) is 5.56 Å². The van der Waals surface area contributed by atoms with Gasteiger partial charge in [0.1, 0.15) is 0 Å². The number of H-pyrrole nitrogens is 1. The second kappa shape index (κ2) is 8.23. The molecule has 0 spiro atoms. The minimum Gasteiger partial charge on any atom is -0.341 e. The van der Waals surface area contributed by atoms with Crippen molar-refractivity contribution in [3.8, 4) is 0 Å². The summed E-state index contributed by atoms with van der Waals surface area (Å²) in [4.78, 5) is 34.2. The number of hydrogen-bond acceptors (Lipinski definition) is 5. The predicted octanol–water partition coefficient (Wildman–Crippen LogP) is 0.349. The molecule has 0 aromatic carbocycles. The molecule has 0 bridgehead atoms. The van der Waals surface area contributed by atoms with E-state index in [0.29, 0.717) is 23.5 Å². The molecule has 1 amide bonds. The maximum Gasteiger partial charge on any atom is 0.273 e. The van der Waals surface area contributed by atoms with E-state index in [1.807, 2.05) is 18.7 Å². The van der Waals surface area contributed by atoms with Crippen LogP contribution in [0.1, 0.15) is 23.2 Å². The van der Waals surface area contributed by atoms with Gasteiger partial charge < -0.3 is 10.2 Å². The zero-order valence-electron chi connectivity index (χ0n) is 16.7. The smallest absolute Gasteiger partial charge is 0.273 e. The minimum atomic E-state index is -0.147. The highest BCUT2D eigenvalue weighted by Crippen LogP contribution is 2.22. The van der Waals surface area contributed by atoms with Gasteiger partial charge in [0.2, 0.25) is 5.91 Å². The average Bonchev–Trinajstić information content (AvgIpc) is 3.25. The van der Waals surface area contributed by atoms with Crippen molar-refractivity contribution >= 4 is 29.3 Å². The van der Waals surface area contributed by atoms with Crippen LogP contribution in [0.2, 0.25) is 0 Å². The molecule has 0 saturated carbocycles. The first kappa shape index (κ1) is 20.8. The molecule has 8 nitrogen and oxygen atoms in total. The summed E-state index contributed by atoms with van der Waals surface area (Å²) in [5, 5.41) is 6.72. The molecule has 2 aliphatic heterocycles. The van der Waals surface area contributed by atoms with Crippen molar-refractivity contribution in [3.63, 3.8) is 0 Å². The second-order valence-electron chi connectivity index (χ2n) is 7.74. The average molecular weight is 409 g/mol. The number of carbonyl (C=O) groups is 1. The first-order valence-electron chi connectivity index (χ1n) is 9.73. The quantitative estimate of drug-likeness (QED) is 0.765. The maximum absolute atomic E-state index is 12.9. The van der Waals surface area contributed by atoms with Gasteiger partial charge in [-0.25, -0.2) is 4.98 Å². The monoisotopic (exact) mass is 408 g/mol. The van der Waals surface area contributed by atoms with Gasteiger partial charge in [-0.05, 0) is 31.4 Å². The lowest BCUT2D eigenvalue weighted by Gasteiger charge is -2.32. The van der Waals surface area contributed by atoms with Crippen LogP contribution in [0.5, 0.6) is 0 Å². The number of pyridine rings is 1. The lowest BCUT2D eigenvalue weighted by Crippen LogP contribution is -2.49. The topological polar surface area (TPSA) is 86.3 Å². The normalized spacial score (nSPS) is 20.5. The number of halogens is 1. The molecule has 2 aliphatic rings. The highest BCUT2D eigenvalue weighted by Gasteiger charge is 2.31. The Kier molecular flexibility index (Phi) is 6.12. The van der Waals surface area contributed by atoms with Crippen molar-refractivity contribution < 1.29 is 4.79 Å². The summed E-state index contributed by atoms with van der Waals surface area (Å²) >= 11 is 0. The van der Waals surface area contributed by atoms with E-state index in [1.54, 1.807) is 11.7 Å². The Morgan fingerprint density at radius 1 is 1.21 bits per heavy atom. The fourth-order valence-electron chi connectivity index (χ4n) is 4.49. The summed E-state index contributed by atoms with van der Waals surface area (Å²) < 4.78 is 1.64. The number of likely N-dealkylation sites (tertiary alicyclic amines) is 1. The molecular weight excluding hydrogens is 380 g/mol. The molecule has 2 saturated heterocycles. The zero-order valence-corrected chi connectivity index (χ0v) is 17.6. The standard InChI is InChI=1S/C19H28N6O2.ClH/c1-12-15(13(2)21-18-17(12)19(27)22-23(18)3)10-16(26)25-7-4-14(11-25)24-8-5-20-6-9-24;/h14,20H,4-11H2,1-3H3,(H,22,27);1H. The number of rotatable bonds is 3. The van der Waals surface area contributed by atoms with Crippen molar-refractivity contribution in [2.75, 3.05) is 39.3 Å². The lowest BCUT2D eigenvalue weighted by molar-refractivity contribution is -0.129. The van der Waals surface area contributed by atoms with Gasteiger partial charge in [0.05, 0.1) is 11.8 Å². The molecule has 0 aliphatic carbocycles. The van der Waals surface area contributed by atoms with E-state index in [0.717, 1.165) is 62.5 Å². The van der Waals surface area contributed by atoms with E-state index in [2.05, 4.69) is 20.3 Å². The third-order valence-corrected chi connectivity index (χ3v) is 6.09. The number of amides is 1. The van der Waals surface area contributed by atoms with Gasteiger partial charge in [-0.3, -0.25) is 24.3 Å². The van der Waals surface area contributed by atoms with E-state index in [1.165, 1.54) is 0 Å². The van der Waals surface area contributed by atoms with Crippen LogP contribution in [0.3, 0.4) is 0 Å². The molecular formula is C19H29ClN6O2. The molecule has 4 heterocycles. The number of carbonyl (C=O) groups excluding carboxylic acids is 1. The van der Waals surface area contributed by atoms with Crippen molar-refractivity contribution in [2.24, 2.45) is 7.05 Å². The first-order chi connectivity index (χ1) is 13.0. The van der Waals surface area contributed by atoms with E-state index in [-0.39, 0.29) is 23.9 Å². The Labute approximate surface area is 170 Å². The van der Waals surface area contributed by atoms with Crippen LogP contribution in [0.15, 0.2) is 4.79 Å². The molecule has 2 N–H and O–H groups in total. The van der Waals surface area contributed by atoms with E-state index in [4.69, 9.17) is 0 Å². The Balaban J connectivity index is 0.00000225. The van der Waals surface area contributed by atoms with Gasteiger partial charge in [-0.2, -0.15) is 0 Å². The molecule has 1 atom stereocenters. The largest absolute Gasteiger partial charge is 0.341 e. The van der Waals surface area contributed by atoms with Crippen molar-refractivity contribution in [3.05, 3.63) is 27.2 Å². The van der Waals surface area contributed by atoms with Gasteiger partial charge in [0.15, 0.2) is 5.65 Å². The van der Waals surface area contributed by atoms with E-state index >= 15 is 0 Å². The van der Waals surface area contributed by atoms with Gasteiger partial charge in [-0.15, -0.1) is 12.4 Å². The number of aromatic amines is 1. The van der Waals surface area contributed by atoms with Crippen LogP contribution in [-0.2, 0) is 18.3 Å². The summed E-state index contributed by atoms with van der Waals surface area (Å²) in [6, 6.07) is 0.468. The minimum absolute atomic E-state index is 0. The van der Waals surface area contributed by atoms with E-state index < -0.39 is 0 Å². The van der Waals surface area contributed by atoms with Gasteiger partial charge >= 0.3 is 0 Å². The van der Waals surface area contributed by atoms with Crippen LogP contribution in [-0.4, -0.2) is 75.8 Å². The highest BCUT2D eigenvalue weighted by molar-refractivity contribution is 5.85. The number of nitrogens with zero attached hydrogens (tertiary/aromatic N) is 4. The number of aromatic nitrogens is 3. The summed E-state index contributed by atoms with van der Waals surface area (Å²) in [5.41, 5.74) is 3.07. The van der Waals surface area contributed by atoms with Crippen molar-refractivity contribution in [1.29, 1.82) is 0 Å². The summed E-state index contributed by atoms with van der Waals surface area (Å²) in [5.74, 6) is 0.132. The molecule has 9 heteroatoms. The van der Waals surface area contributed by atoms with Crippen molar-refractivity contribution in [1.82, 2.24) is 29.9 Å². The van der Waals surface area contributed by atoms with Gasteiger partial charge in [-0.1, -0.05) is 0 Å². The SMILES string of the molecule is Cc1nc2c(c(C)c1CC(=O)N1CCC(N3CCNCC3)C1)c(=O)[nH]n2C.Cl. The predicted molar refractivity (Wildman–Crippen MR) is 111 cm³/mol. The number of aryl methyl sites for hydroxylation is 3. The highest BCUT2D eigenvalue weighted by atomic mass is 35.5. The van der Waals surface area contributed by atoms with Crippen LogP contribution in [0.25, 0.3) is 11.0 Å². The Morgan fingerprint density at radius 2 is 1.93 bits per heavy atom. The molecule has 2 fully saturated rings. The van der Waals surface area contributed by atoms with Crippen LogP contribution < -0.4 is 10.9 Å². The molecule has 2 aromatic heterocycles. The number of hydrogen-bond donors (Lipinski definition) is 2. The molecule has 154 valence electrons. The molecule has 1 unspecified atom stereocenters. The Bertz CT molecular complexity index is 931. The fourth-order valence-corrected chi connectivity index (χ4v) is 4.49. The Morgan fingerprint density at radius 3 is 2.64 bits per heavy atom. The third kappa shape index (κ3) is 3.68. The summed E-state index contributed by atoms with van der Waals surface area (Å²) in [6.07, 6.45) is 1.35. The second-order valence-corrected chi connectivity index (χ2v) is 7.74. The fraction of sp³-hybridized carbons (Fsp3) is 0.632. The van der Waals surface area contributed by atoms with Crippen LogP contribution in [0, 0.1) is 13.8 Å². The summed E-state index contributed by atoms with van der Waals surface area (Å²) in [7, 11) is 1.78. The number of piperazine rings is 1. The lowest BCUT2D eigenvalue weighted by atomic mass is 10.0. The van der Waals surface area contributed by atoms with Gasteiger partial charge in [0, 0.05) is 58.1 Å². The first-order valence-corrected chi connectivity index (χ1v) is 9.73. The number of fused-ring (bicyclic) bond motifs is 1. The Hall–Kier alpha value is -1.90. The molecule has 4 rings (SSSR count). The molecule has 2 aromatic rings. The number of nitrogens with one attached hydrogen (secondary N) is 2. The molecule has 0 radical (unpaired) electrons.